The molecule has 1 aromatic carbocycles. The molecule has 2 nitrogen and oxygen atoms in total. The van der Waals surface area contributed by atoms with Crippen LogP contribution in [0.25, 0.3) is 0 Å². The van der Waals surface area contributed by atoms with Crippen LogP contribution in [0.15, 0.2) is 23.3 Å². The third-order valence-corrected chi connectivity index (χ3v) is 1.86. The Hall–Kier alpha value is -1.32. The second-order valence-corrected chi connectivity index (χ2v) is 2.72. The number of hydrogen-bond donors (Lipinski definition) is 1. The van der Waals surface area contributed by atoms with E-state index in [2.05, 4.69) is 5.11 Å². The van der Waals surface area contributed by atoms with E-state index in [4.69, 9.17) is 5.53 Å². The van der Waals surface area contributed by atoms with Crippen molar-refractivity contribution < 1.29 is 8.78 Å². The zero-order chi connectivity index (χ0) is 9.84. The van der Waals surface area contributed by atoms with Crippen molar-refractivity contribution in [2.24, 2.45) is 5.11 Å². The highest BCUT2D eigenvalue weighted by atomic mass is 19.1. The van der Waals surface area contributed by atoms with Gasteiger partial charge in [0, 0.05) is 11.6 Å². The van der Waals surface area contributed by atoms with Crippen molar-refractivity contribution in [2.75, 3.05) is 0 Å². The molecule has 0 amide bonds. The standard InChI is InChI=1S/C9H10F2N2/c1-2-9(13-12)7-4-3-6(10)5-8(7)11/h3-5,9,12H,2H2,1H3. The Bertz CT molecular complexity index is 312. The van der Waals surface area contributed by atoms with Crippen molar-refractivity contribution >= 4 is 0 Å². The first-order chi connectivity index (χ1) is 6.19. The van der Waals surface area contributed by atoms with Crippen LogP contribution >= 0.6 is 0 Å². The Balaban J connectivity index is 3.06. The van der Waals surface area contributed by atoms with Gasteiger partial charge in [-0.1, -0.05) is 13.0 Å². The molecule has 0 aliphatic carbocycles. The molecule has 0 aliphatic rings. The zero-order valence-corrected chi connectivity index (χ0v) is 7.22. The molecule has 1 atom stereocenters. The first-order valence-corrected chi connectivity index (χ1v) is 4.00. The van der Waals surface area contributed by atoms with E-state index < -0.39 is 17.7 Å². The molecule has 70 valence electrons. The predicted octanol–water partition coefficient (Wildman–Crippen LogP) is 3.45. The third-order valence-electron chi connectivity index (χ3n) is 1.86. The number of halogens is 2. The van der Waals surface area contributed by atoms with Crippen molar-refractivity contribution in [2.45, 2.75) is 19.4 Å². The Morgan fingerprint density at radius 1 is 1.46 bits per heavy atom. The van der Waals surface area contributed by atoms with Crippen LogP contribution in [0.5, 0.6) is 0 Å². The minimum Gasteiger partial charge on any atom is -0.209 e. The van der Waals surface area contributed by atoms with E-state index in [1.54, 1.807) is 6.92 Å². The van der Waals surface area contributed by atoms with E-state index in [0.29, 0.717) is 6.42 Å². The molecular formula is C9H10F2N2. The van der Waals surface area contributed by atoms with Crippen molar-refractivity contribution in [1.29, 1.82) is 5.53 Å². The highest BCUT2D eigenvalue weighted by Gasteiger charge is 2.12. The second kappa shape index (κ2) is 4.07. The first-order valence-electron chi connectivity index (χ1n) is 4.00. The van der Waals surface area contributed by atoms with Gasteiger partial charge in [0.1, 0.15) is 11.6 Å². The van der Waals surface area contributed by atoms with Crippen LogP contribution in [0.4, 0.5) is 8.78 Å². The molecule has 0 spiro atoms. The highest BCUT2D eigenvalue weighted by molar-refractivity contribution is 5.21. The predicted molar refractivity (Wildman–Crippen MR) is 44.5 cm³/mol. The van der Waals surface area contributed by atoms with Crippen LogP contribution in [0.3, 0.4) is 0 Å². The largest absolute Gasteiger partial charge is 0.209 e. The molecule has 0 aliphatic heterocycles. The summed E-state index contributed by atoms with van der Waals surface area (Å²) >= 11 is 0. The summed E-state index contributed by atoms with van der Waals surface area (Å²) in [5, 5.41) is 3.25. The lowest BCUT2D eigenvalue weighted by molar-refractivity contribution is 0.541. The SMILES string of the molecule is CCC(N=N)c1ccc(F)cc1F. The maximum atomic E-state index is 13.1. The number of benzene rings is 1. The van der Waals surface area contributed by atoms with Gasteiger partial charge in [0.15, 0.2) is 0 Å². The van der Waals surface area contributed by atoms with Crippen LogP contribution in [0, 0.1) is 17.2 Å². The van der Waals surface area contributed by atoms with Crippen molar-refractivity contribution in [3.05, 3.63) is 35.4 Å². The van der Waals surface area contributed by atoms with Gasteiger partial charge in [-0.15, -0.1) is 0 Å². The lowest BCUT2D eigenvalue weighted by Gasteiger charge is -2.08. The molecule has 0 fully saturated rings. The molecule has 0 aromatic heterocycles. The zero-order valence-electron chi connectivity index (χ0n) is 7.22. The van der Waals surface area contributed by atoms with Crippen LogP contribution in [-0.2, 0) is 0 Å². The summed E-state index contributed by atoms with van der Waals surface area (Å²) < 4.78 is 25.6. The summed E-state index contributed by atoms with van der Waals surface area (Å²) in [6.45, 7) is 1.80. The van der Waals surface area contributed by atoms with Crippen LogP contribution in [-0.4, -0.2) is 0 Å². The number of hydrogen-bond acceptors (Lipinski definition) is 2. The Labute approximate surface area is 75.1 Å². The molecule has 0 bridgehead atoms. The van der Waals surface area contributed by atoms with Gasteiger partial charge in [0.25, 0.3) is 0 Å². The molecule has 1 aromatic rings. The Morgan fingerprint density at radius 2 is 2.15 bits per heavy atom. The molecule has 1 rings (SSSR count). The first kappa shape index (κ1) is 9.77. The van der Waals surface area contributed by atoms with E-state index in [0.717, 1.165) is 6.07 Å². The monoisotopic (exact) mass is 184 g/mol. The fraction of sp³-hybridized carbons (Fsp3) is 0.333. The quantitative estimate of drug-likeness (QED) is 0.698. The molecular weight excluding hydrogens is 174 g/mol. The molecule has 13 heavy (non-hydrogen) atoms. The fourth-order valence-electron chi connectivity index (χ4n) is 1.15. The molecule has 0 heterocycles. The third kappa shape index (κ3) is 2.08. The van der Waals surface area contributed by atoms with E-state index in [1.165, 1.54) is 12.1 Å². The maximum absolute atomic E-state index is 13.1. The van der Waals surface area contributed by atoms with Gasteiger partial charge in [-0.2, -0.15) is 5.11 Å². The van der Waals surface area contributed by atoms with Crippen molar-refractivity contribution in [3.63, 3.8) is 0 Å². The van der Waals surface area contributed by atoms with Gasteiger partial charge in [0.2, 0.25) is 0 Å². The van der Waals surface area contributed by atoms with Crippen LogP contribution < -0.4 is 0 Å². The van der Waals surface area contributed by atoms with E-state index in [-0.39, 0.29) is 5.56 Å². The molecule has 0 saturated heterocycles. The van der Waals surface area contributed by atoms with Crippen molar-refractivity contribution in [3.8, 4) is 0 Å². The molecule has 0 saturated carbocycles. The average molecular weight is 184 g/mol. The Kier molecular flexibility index (Phi) is 3.06. The van der Waals surface area contributed by atoms with Gasteiger partial charge in [0.05, 0.1) is 6.04 Å². The molecule has 0 radical (unpaired) electrons. The lowest BCUT2D eigenvalue weighted by Crippen LogP contribution is -1.97. The van der Waals surface area contributed by atoms with Gasteiger partial charge >= 0.3 is 0 Å². The fourth-order valence-corrected chi connectivity index (χ4v) is 1.15. The molecule has 1 unspecified atom stereocenters. The van der Waals surface area contributed by atoms with Gasteiger partial charge in [-0.05, 0) is 12.5 Å². The van der Waals surface area contributed by atoms with E-state index in [9.17, 15) is 8.78 Å². The van der Waals surface area contributed by atoms with E-state index in [1.807, 2.05) is 0 Å². The highest BCUT2D eigenvalue weighted by Crippen LogP contribution is 2.23. The van der Waals surface area contributed by atoms with Gasteiger partial charge in [-0.3, -0.25) is 0 Å². The summed E-state index contributed by atoms with van der Waals surface area (Å²) in [5.41, 5.74) is 7.09. The number of rotatable bonds is 3. The summed E-state index contributed by atoms with van der Waals surface area (Å²) in [6.07, 6.45) is 0.534. The van der Waals surface area contributed by atoms with Crippen LogP contribution in [0.1, 0.15) is 24.9 Å². The summed E-state index contributed by atoms with van der Waals surface area (Å²) in [7, 11) is 0. The molecule has 4 heteroatoms. The summed E-state index contributed by atoms with van der Waals surface area (Å²) in [6, 6.07) is 2.81. The smallest absolute Gasteiger partial charge is 0.131 e. The van der Waals surface area contributed by atoms with Gasteiger partial charge in [-0.25, -0.2) is 14.3 Å². The number of nitrogens with zero attached hydrogens (tertiary/aromatic N) is 1. The van der Waals surface area contributed by atoms with Crippen molar-refractivity contribution in [1.82, 2.24) is 0 Å². The maximum Gasteiger partial charge on any atom is 0.131 e. The number of nitrogens with one attached hydrogen (secondary N) is 1. The normalized spacial score (nSPS) is 12.5. The van der Waals surface area contributed by atoms with Crippen LogP contribution in [0.2, 0.25) is 0 Å². The summed E-state index contributed by atoms with van der Waals surface area (Å²) in [4.78, 5) is 0. The second-order valence-electron chi connectivity index (χ2n) is 2.72. The van der Waals surface area contributed by atoms with Gasteiger partial charge < -0.3 is 0 Å². The minimum absolute atomic E-state index is 0.277. The minimum atomic E-state index is -0.636. The Morgan fingerprint density at radius 3 is 2.62 bits per heavy atom. The summed E-state index contributed by atoms with van der Waals surface area (Å²) in [5.74, 6) is -1.25. The topological polar surface area (TPSA) is 36.2 Å². The average Bonchev–Trinajstić information content (AvgIpc) is 2.10. The lowest BCUT2D eigenvalue weighted by atomic mass is 10.0. The van der Waals surface area contributed by atoms with E-state index >= 15 is 0 Å². The molecule has 1 N–H and O–H groups in total.